The summed E-state index contributed by atoms with van der Waals surface area (Å²) in [4.78, 5) is 12.6. The predicted octanol–water partition coefficient (Wildman–Crippen LogP) is 2.46. The predicted molar refractivity (Wildman–Crippen MR) is 58.9 cm³/mol. The van der Waals surface area contributed by atoms with Crippen LogP contribution in [0.5, 0.6) is 0 Å². The van der Waals surface area contributed by atoms with E-state index in [1.165, 1.54) is 9.75 Å². The second-order valence-electron chi connectivity index (χ2n) is 2.82. The third-order valence-corrected chi connectivity index (χ3v) is 3.66. The SMILES string of the molecule is Cc1cc(Br)c(CCOCC(=O)O)s1. The summed E-state index contributed by atoms with van der Waals surface area (Å²) in [6, 6.07) is 2.05. The molecule has 0 fully saturated rings. The van der Waals surface area contributed by atoms with Crippen molar-refractivity contribution in [2.24, 2.45) is 0 Å². The standard InChI is InChI=1S/C9H11BrO3S/c1-6-4-7(10)8(14-6)2-3-13-5-9(11)12/h4H,2-3,5H2,1H3,(H,11,12). The number of thiophene rings is 1. The van der Waals surface area contributed by atoms with Gasteiger partial charge in [0.15, 0.2) is 0 Å². The van der Waals surface area contributed by atoms with Crippen molar-refractivity contribution in [1.29, 1.82) is 0 Å². The van der Waals surface area contributed by atoms with E-state index in [9.17, 15) is 4.79 Å². The number of carboxylic acid groups (broad SMARTS) is 1. The maximum absolute atomic E-state index is 10.2. The van der Waals surface area contributed by atoms with Gasteiger partial charge in [0.1, 0.15) is 6.61 Å². The lowest BCUT2D eigenvalue weighted by Crippen LogP contribution is -2.08. The van der Waals surface area contributed by atoms with Crippen LogP contribution in [0.3, 0.4) is 0 Å². The van der Waals surface area contributed by atoms with E-state index in [4.69, 9.17) is 9.84 Å². The molecule has 0 amide bonds. The number of halogens is 1. The number of rotatable bonds is 5. The molecule has 0 aromatic carbocycles. The summed E-state index contributed by atoms with van der Waals surface area (Å²) in [6.07, 6.45) is 0.756. The molecule has 0 unspecified atom stereocenters. The van der Waals surface area contributed by atoms with Gasteiger partial charge in [0.2, 0.25) is 0 Å². The number of aliphatic carboxylic acids is 1. The van der Waals surface area contributed by atoms with Crippen LogP contribution in [0.25, 0.3) is 0 Å². The molecule has 0 atom stereocenters. The van der Waals surface area contributed by atoms with Gasteiger partial charge in [-0.05, 0) is 28.9 Å². The Kier molecular flexibility index (Phi) is 4.57. The van der Waals surface area contributed by atoms with E-state index >= 15 is 0 Å². The van der Waals surface area contributed by atoms with Gasteiger partial charge in [0.25, 0.3) is 0 Å². The zero-order valence-corrected chi connectivity index (χ0v) is 10.2. The van der Waals surface area contributed by atoms with Crippen LogP contribution in [0, 0.1) is 6.92 Å². The molecule has 1 aromatic rings. The number of hydrogen-bond acceptors (Lipinski definition) is 3. The van der Waals surface area contributed by atoms with Gasteiger partial charge in [0, 0.05) is 20.6 Å². The summed E-state index contributed by atoms with van der Waals surface area (Å²) in [5.74, 6) is -0.925. The molecule has 0 bridgehead atoms. The molecule has 0 spiro atoms. The highest BCUT2D eigenvalue weighted by Gasteiger charge is 2.04. The van der Waals surface area contributed by atoms with Crippen molar-refractivity contribution in [1.82, 2.24) is 0 Å². The Morgan fingerprint density at radius 1 is 1.71 bits per heavy atom. The zero-order valence-electron chi connectivity index (χ0n) is 7.75. The molecule has 1 aromatic heterocycles. The van der Waals surface area contributed by atoms with Crippen LogP contribution in [0.2, 0.25) is 0 Å². The molecule has 3 nitrogen and oxygen atoms in total. The molecule has 1 N–H and O–H groups in total. The number of aryl methyl sites for hydroxylation is 1. The first-order valence-corrected chi connectivity index (χ1v) is 5.75. The lowest BCUT2D eigenvalue weighted by Gasteiger charge is -1.99. The number of hydrogen-bond donors (Lipinski definition) is 1. The second-order valence-corrected chi connectivity index (χ2v) is 5.02. The van der Waals surface area contributed by atoms with Crippen LogP contribution in [-0.2, 0) is 16.0 Å². The van der Waals surface area contributed by atoms with Gasteiger partial charge in [-0.25, -0.2) is 4.79 Å². The molecule has 0 aliphatic rings. The average molecular weight is 279 g/mol. The van der Waals surface area contributed by atoms with Crippen molar-refractivity contribution in [3.05, 3.63) is 20.3 Å². The first kappa shape index (κ1) is 11.7. The number of ether oxygens (including phenoxy) is 1. The van der Waals surface area contributed by atoms with Crippen molar-refractivity contribution < 1.29 is 14.6 Å². The van der Waals surface area contributed by atoms with E-state index in [-0.39, 0.29) is 6.61 Å². The molecule has 0 aliphatic heterocycles. The summed E-state index contributed by atoms with van der Waals surface area (Å²) < 4.78 is 6.03. The van der Waals surface area contributed by atoms with Gasteiger partial charge < -0.3 is 9.84 Å². The van der Waals surface area contributed by atoms with E-state index < -0.39 is 5.97 Å². The Hall–Kier alpha value is -0.390. The fourth-order valence-electron chi connectivity index (χ4n) is 1.03. The van der Waals surface area contributed by atoms with Gasteiger partial charge >= 0.3 is 5.97 Å². The Morgan fingerprint density at radius 2 is 2.43 bits per heavy atom. The highest BCUT2D eigenvalue weighted by molar-refractivity contribution is 9.10. The largest absolute Gasteiger partial charge is 0.480 e. The number of carboxylic acids is 1. The van der Waals surface area contributed by atoms with Gasteiger partial charge in [-0.3, -0.25) is 0 Å². The van der Waals surface area contributed by atoms with E-state index in [0.717, 1.165) is 10.9 Å². The van der Waals surface area contributed by atoms with Crippen molar-refractivity contribution in [2.45, 2.75) is 13.3 Å². The third kappa shape index (κ3) is 3.77. The van der Waals surface area contributed by atoms with Crippen LogP contribution in [0.4, 0.5) is 0 Å². The monoisotopic (exact) mass is 278 g/mol. The minimum absolute atomic E-state index is 0.220. The molecular weight excluding hydrogens is 268 g/mol. The van der Waals surface area contributed by atoms with Crippen LogP contribution in [0.15, 0.2) is 10.5 Å². The lowest BCUT2D eigenvalue weighted by atomic mass is 10.3. The first-order chi connectivity index (χ1) is 6.59. The lowest BCUT2D eigenvalue weighted by molar-refractivity contribution is -0.142. The topological polar surface area (TPSA) is 46.5 Å². The highest BCUT2D eigenvalue weighted by atomic mass is 79.9. The van der Waals surface area contributed by atoms with Crippen LogP contribution in [0.1, 0.15) is 9.75 Å². The highest BCUT2D eigenvalue weighted by Crippen LogP contribution is 2.26. The molecule has 1 rings (SSSR count). The molecule has 0 aliphatic carbocycles. The minimum atomic E-state index is -0.925. The van der Waals surface area contributed by atoms with Gasteiger partial charge in [0.05, 0.1) is 6.61 Å². The van der Waals surface area contributed by atoms with Crippen molar-refractivity contribution in [2.75, 3.05) is 13.2 Å². The Balaban J connectivity index is 2.31. The van der Waals surface area contributed by atoms with Gasteiger partial charge in [-0.15, -0.1) is 11.3 Å². The smallest absolute Gasteiger partial charge is 0.329 e. The summed E-state index contributed by atoms with van der Waals surface area (Å²) in [5, 5.41) is 8.34. The normalized spacial score (nSPS) is 10.4. The summed E-state index contributed by atoms with van der Waals surface area (Å²) >= 11 is 5.14. The molecular formula is C9H11BrO3S. The fourth-order valence-corrected chi connectivity index (χ4v) is 2.87. The van der Waals surface area contributed by atoms with Crippen LogP contribution in [-0.4, -0.2) is 24.3 Å². The van der Waals surface area contributed by atoms with E-state index in [1.54, 1.807) is 11.3 Å². The first-order valence-electron chi connectivity index (χ1n) is 4.14. The van der Waals surface area contributed by atoms with E-state index in [1.807, 2.05) is 6.92 Å². The minimum Gasteiger partial charge on any atom is -0.480 e. The molecule has 0 saturated heterocycles. The zero-order chi connectivity index (χ0) is 10.6. The van der Waals surface area contributed by atoms with Gasteiger partial charge in [-0.1, -0.05) is 0 Å². The molecule has 0 radical (unpaired) electrons. The summed E-state index contributed by atoms with van der Waals surface area (Å²) in [5.41, 5.74) is 0. The van der Waals surface area contributed by atoms with Crippen LogP contribution < -0.4 is 0 Å². The third-order valence-electron chi connectivity index (χ3n) is 1.58. The maximum atomic E-state index is 10.2. The second kappa shape index (κ2) is 5.48. The van der Waals surface area contributed by atoms with Crippen LogP contribution >= 0.6 is 27.3 Å². The summed E-state index contributed by atoms with van der Waals surface area (Å²) in [6.45, 7) is 2.27. The van der Waals surface area contributed by atoms with E-state index in [2.05, 4.69) is 22.0 Å². The molecule has 0 saturated carbocycles. The Morgan fingerprint density at radius 3 is 2.93 bits per heavy atom. The van der Waals surface area contributed by atoms with E-state index in [0.29, 0.717) is 6.61 Å². The Labute approximate surface area is 94.8 Å². The quantitative estimate of drug-likeness (QED) is 0.842. The Bertz CT molecular complexity index is 322. The summed E-state index contributed by atoms with van der Waals surface area (Å²) in [7, 11) is 0. The van der Waals surface area contributed by atoms with Crippen molar-refractivity contribution in [3.63, 3.8) is 0 Å². The maximum Gasteiger partial charge on any atom is 0.329 e. The molecule has 14 heavy (non-hydrogen) atoms. The van der Waals surface area contributed by atoms with Crippen molar-refractivity contribution >= 4 is 33.2 Å². The van der Waals surface area contributed by atoms with Gasteiger partial charge in [-0.2, -0.15) is 0 Å². The molecule has 78 valence electrons. The average Bonchev–Trinajstić information content (AvgIpc) is 2.39. The number of carbonyl (C=O) groups is 1. The van der Waals surface area contributed by atoms with Crippen molar-refractivity contribution in [3.8, 4) is 0 Å². The molecule has 1 heterocycles. The fraction of sp³-hybridized carbons (Fsp3) is 0.444. The molecule has 5 heteroatoms.